The van der Waals surface area contributed by atoms with E-state index in [4.69, 9.17) is 21.1 Å². The lowest BCUT2D eigenvalue weighted by molar-refractivity contribution is -0.132. The normalized spacial score (nSPS) is 15.5. The lowest BCUT2D eigenvalue weighted by Gasteiger charge is -2.37. The van der Waals surface area contributed by atoms with Crippen molar-refractivity contribution < 1.29 is 22.7 Å². The molecule has 168 valence electrons. The molecule has 1 heterocycles. The Bertz CT molecular complexity index is 1040. The highest BCUT2D eigenvalue weighted by Gasteiger charge is 2.29. The van der Waals surface area contributed by atoms with Gasteiger partial charge in [-0.1, -0.05) is 17.7 Å². The number of hydrogen-bond donors (Lipinski definition) is 1. The van der Waals surface area contributed by atoms with Crippen LogP contribution in [0.3, 0.4) is 0 Å². The summed E-state index contributed by atoms with van der Waals surface area (Å²) in [5, 5.41) is 0.661. The number of carbonyl (C=O) groups is 1. The van der Waals surface area contributed by atoms with Crippen LogP contribution in [-0.4, -0.2) is 65.7 Å². The fraction of sp³-hybridized carbons (Fsp3) is 0.381. The highest BCUT2D eigenvalue weighted by Crippen LogP contribution is 2.29. The average molecular weight is 468 g/mol. The van der Waals surface area contributed by atoms with Crippen molar-refractivity contribution in [3.05, 3.63) is 47.5 Å². The van der Waals surface area contributed by atoms with Gasteiger partial charge in [0.05, 0.1) is 25.2 Å². The number of nitrogens with zero attached hydrogens (tertiary/aromatic N) is 2. The van der Waals surface area contributed by atoms with Crippen molar-refractivity contribution in [3.63, 3.8) is 0 Å². The second kappa shape index (κ2) is 9.76. The van der Waals surface area contributed by atoms with Gasteiger partial charge in [-0.15, -0.1) is 0 Å². The van der Waals surface area contributed by atoms with Crippen LogP contribution in [0, 0.1) is 0 Å². The fourth-order valence-corrected chi connectivity index (χ4v) is 4.86. The summed E-state index contributed by atoms with van der Waals surface area (Å²) in [4.78, 5) is 16.7. The second-order valence-corrected chi connectivity index (χ2v) is 9.30. The Hall–Kier alpha value is -2.49. The van der Waals surface area contributed by atoms with E-state index >= 15 is 0 Å². The van der Waals surface area contributed by atoms with Gasteiger partial charge in [-0.2, -0.15) is 4.72 Å². The first-order valence-corrected chi connectivity index (χ1v) is 11.6. The van der Waals surface area contributed by atoms with Crippen LogP contribution in [0.2, 0.25) is 5.02 Å². The average Bonchev–Trinajstić information content (AvgIpc) is 2.77. The summed E-state index contributed by atoms with van der Waals surface area (Å²) in [6.07, 6.45) is 0. The van der Waals surface area contributed by atoms with Gasteiger partial charge in [-0.3, -0.25) is 4.79 Å². The molecule has 0 radical (unpaired) electrons. The van der Waals surface area contributed by atoms with Crippen LogP contribution >= 0.6 is 11.6 Å². The predicted molar refractivity (Wildman–Crippen MR) is 120 cm³/mol. The number of piperazine rings is 1. The summed E-state index contributed by atoms with van der Waals surface area (Å²) in [7, 11) is -1.02. The van der Waals surface area contributed by atoms with Crippen LogP contribution in [-0.2, 0) is 14.8 Å². The first kappa shape index (κ1) is 23.2. The van der Waals surface area contributed by atoms with Gasteiger partial charge in [0.25, 0.3) is 0 Å². The number of carbonyl (C=O) groups excluding carboxylic acids is 1. The molecule has 1 amide bonds. The molecule has 0 bridgehead atoms. The summed E-state index contributed by atoms with van der Waals surface area (Å²) in [5.41, 5.74) is 1.00. The lowest BCUT2D eigenvalue weighted by atomic mass is 10.2. The molecule has 1 aliphatic rings. The van der Waals surface area contributed by atoms with Gasteiger partial charge in [0.2, 0.25) is 15.9 Å². The third-order valence-electron chi connectivity index (χ3n) is 5.13. The van der Waals surface area contributed by atoms with Gasteiger partial charge in [0.1, 0.15) is 0 Å². The molecule has 1 fully saturated rings. The zero-order valence-corrected chi connectivity index (χ0v) is 19.2. The Morgan fingerprint density at radius 2 is 1.71 bits per heavy atom. The predicted octanol–water partition coefficient (Wildman–Crippen LogP) is 2.37. The van der Waals surface area contributed by atoms with E-state index in [0.717, 1.165) is 5.69 Å². The molecule has 0 aromatic heterocycles. The Kier molecular flexibility index (Phi) is 7.30. The van der Waals surface area contributed by atoms with Crippen molar-refractivity contribution in [2.24, 2.45) is 0 Å². The second-order valence-electron chi connectivity index (χ2n) is 7.15. The van der Waals surface area contributed by atoms with Crippen LogP contribution in [0.25, 0.3) is 0 Å². The van der Waals surface area contributed by atoms with Gasteiger partial charge >= 0.3 is 0 Å². The number of nitrogens with one attached hydrogen (secondary N) is 1. The van der Waals surface area contributed by atoms with E-state index in [0.29, 0.717) is 42.7 Å². The minimum absolute atomic E-state index is 0.00410. The van der Waals surface area contributed by atoms with Crippen molar-refractivity contribution >= 4 is 33.2 Å². The van der Waals surface area contributed by atoms with Crippen molar-refractivity contribution in [1.82, 2.24) is 9.62 Å². The van der Waals surface area contributed by atoms with E-state index in [1.165, 1.54) is 32.4 Å². The summed E-state index contributed by atoms with van der Waals surface area (Å²) >= 11 is 6.06. The number of amides is 1. The molecule has 2 aromatic carbocycles. The smallest absolute Gasteiger partial charge is 0.241 e. The summed E-state index contributed by atoms with van der Waals surface area (Å²) < 4.78 is 38.3. The molecule has 0 unspecified atom stereocenters. The van der Waals surface area contributed by atoms with Crippen LogP contribution in [0.4, 0.5) is 5.69 Å². The molecule has 0 aliphatic carbocycles. The molecule has 2 aromatic rings. The highest BCUT2D eigenvalue weighted by molar-refractivity contribution is 7.89. The number of sulfonamides is 1. The number of benzene rings is 2. The molecule has 1 saturated heterocycles. The minimum atomic E-state index is -3.92. The van der Waals surface area contributed by atoms with E-state index in [-0.39, 0.29) is 10.8 Å². The number of hydrogen-bond acceptors (Lipinski definition) is 6. The number of halogens is 1. The van der Waals surface area contributed by atoms with Crippen molar-refractivity contribution in [1.29, 1.82) is 0 Å². The Balaban J connectivity index is 1.63. The van der Waals surface area contributed by atoms with E-state index in [1.54, 1.807) is 11.8 Å². The molecule has 3 rings (SSSR count). The Labute approximate surface area is 187 Å². The van der Waals surface area contributed by atoms with Gasteiger partial charge < -0.3 is 19.3 Å². The van der Waals surface area contributed by atoms with Crippen LogP contribution < -0.4 is 19.1 Å². The Morgan fingerprint density at radius 1 is 1.03 bits per heavy atom. The number of rotatable bonds is 7. The van der Waals surface area contributed by atoms with Crippen molar-refractivity contribution in [2.75, 3.05) is 45.3 Å². The topological polar surface area (TPSA) is 88.2 Å². The number of methoxy groups -OCH3 is 2. The maximum absolute atomic E-state index is 12.8. The van der Waals surface area contributed by atoms with Gasteiger partial charge in [-0.25, -0.2) is 8.42 Å². The Morgan fingerprint density at radius 3 is 2.32 bits per heavy atom. The molecule has 8 nitrogen and oxygen atoms in total. The SMILES string of the molecule is COc1ccc(S(=O)(=O)N[C@H](C)C(=O)N2CCN(c3cccc(Cl)c3)CC2)cc1OC. The van der Waals surface area contributed by atoms with E-state index in [1.807, 2.05) is 24.3 Å². The van der Waals surface area contributed by atoms with E-state index in [9.17, 15) is 13.2 Å². The summed E-state index contributed by atoms with van der Waals surface area (Å²) in [6.45, 7) is 3.81. The zero-order chi connectivity index (χ0) is 22.6. The van der Waals surface area contributed by atoms with Crippen LogP contribution in [0.5, 0.6) is 11.5 Å². The quantitative estimate of drug-likeness (QED) is 0.672. The molecular weight excluding hydrogens is 442 g/mol. The number of anilines is 1. The third-order valence-corrected chi connectivity index (χ3v) is 6.91. The van der Waals surface area contributed by atoms with Crippen molar-refractivity contribution in [2.45, 2.75) is 17.9 Å². The first-order chi connectivity index (χ1) is 14.7. The largest absolute Gasteiger partial charge is 0.493 e. The maximum atomic E-state index is 12.8. The molecule has 10 heteroatoms. The molecule has 1 N–H and O–H groups in total. The minimum Gasteiger partial charge on any atom is -0.493 e. The number of ether oxygens (including phenoxy) is 2. The fourth-order valence-electron chi connectivity index (χ4n) is 3.47. The molecule has 0 saturated carbocycles. The summed E-state index contributed by atoms with van der Waals surface area (Å²) in [6, 6.07) is 10.9. The maximum Gasteiger partial charge on any atom is 0.241 e. The molecule has 1 atom stereocenters. The van der Waals surface area contributed by atoms with Gasteiger partial charge in [0, 0.05) is 43.0 Å². The van der Waals surface area contributed by atoms with Gasteiger partial charge in [0.15, 0.2) is 11.5 Å². The zero-order valence-electron chi connectivity index (χ0n) is 17.7. The third kappa shape index (κ3) is 5.41. The highest BCUT2D eigenvalue weighted by atomic mass is 35.5. The van der Waals surface area contributed by atoms with Crippen LogP contribution in [0.15, 0.2) is 47.4 Å². The standard InChI is InChI=1S/C21H26ClN3O5S/c1-15(23-31(27,28)18-7-8-19(29-2)20(14-18)30-3)21(26)25-11-9-24(10-12-25)17-6-4-5-16(22)13-17/h4-8,13-15,23H,9-12H2,1-3H3/t15-/m1/s1. The van der Waals surface area contributed by atoms with Gasteiger partial charge in [-0.05, 0) is 37.3 Å². The molecular formula is C21H26ClN3O5S. The monoisotopic (exact) mass is 467 g/mol. The first-order valence-electron chi connectivity index (χ1n) is 9.79. The van der Waals surface area contributed by atoms with E-state index in [2.05, 4.69) is 9.62 Å². The molecule has 0 spiro atoms. The van der Waals surface area contributed by atoms with E-state index < -0.39 is 16.1 Å². The summed E-state index contributed by atoms with van der Waals surface area (Å²) in [5.74, 6) is 0.444. The lowest BCUT2D eigenvalue weighted by Crippen LogP contribution is -2.54. The van der Waals surface area contributed by atoms with Crippen LogP contribution in [0.1, 0.15) is 6.92 Å². The van der Waals surface area contributed by atoms with Crippen molar-refractivity contribution in [3.8, 4) is 11.5 Å². The molecule has 31 heavy (non-hydrogen) atoms. The molecule has 1 aliphatic heterocycles.